The molecular formula is C15H20N2OS. The molecule has 0 aliphatic heterocycles. The standard InChI is InChI=1S/C15H20N2OS/c1-11-5-8-15(18-2)13(10-11)14(17-16)7-6-12-4-3-9-19-12/h3-5,8-10,14,17H,6-7,16H2,1-2H3. The minimum atomic E-state index is 0.108. The van der Waals surface area contributed by atoms with E-state index >= 15 is 0 Å². The van der Waals surface area contributed by atoms with Gasteiger partial charge in [-0.15, -0.1) is 11.3 Å². The van der Waals surface area contributed by atoms with E-state index in [1.54, 1.807) is 18.4 Å². The molecule has 19 heavy (non-hydrogen) atoms. The van der Waals surface area contributed by atoms with Crippen molar-refractivity contribution in [2.45, 2.75) is 25.8 Å². The Morgan fingerprint density at radius 3 is 2.84 bits per heavy atom. The Morgan fingerprint density at radius 1 is 1.37 bits per heavy atom. The molecule has 1 aromatic heterocycles. The molecular weight excluding hydrogens is 256 g/mol. The number of benzene rings is 1. The van der Waals surface area contributed by atoms with Gasteiger partial charge in [0.15, 0.2) is 0 Å². The van der Waals surface area contributed by atoms with Crippen molar-refractivity contribution in [2.24, 2.45) is 5.84 Å². The molecule has 0 fully saturated rings. The van der Waals surface area contributed by atoms with Crippen LogP contribution in [0.1, 0.15) is 28.5 Å². The molecule has 0 saturated carbocycles. The van der Waals surface area contributed by atoms with Crippen LogP contribution in [-0.4, -0.2) is 7.11 Å². The maximum Gasteiger partial charge on any atom is 0.123 e. The Morgan fingerprint density at radius 2 is 2.21 bits per heavy atom. The van der Waals surface area contributed by atoms with Gasteiger partial charge in [0.1, 0.15) is 5.75 Å². The van der Waals surface area contributed by atoms with Crippen molar-refractivity contribution < 1.29 is 4.74 Å². The predicted octanol–water partition coefficient (Wildman–Crippen LogP) is 3.20. The summed E-state index contributed by atoms with van der Waals surface area (Å²) in [6.45, 7) is 2.08. The fourth-order valence-corrected chi connectivity index (χ4v) is 2.92. The van der Waals surface area contributed by atoms with Gasteiger partial charge in [-0.25, -0.2) is 0 Å². The first-order valence-corrected chi connectivity index (χ1v) is 7.25. The van der Waals surface area contributed by atoms with E-state index in [0.717, 1.165) is 24.2 Å². The van der Waals surface area contributed by atoms with Gasteiger partial charge in [-0.3, -0.25) is 11.3 Å². The van der Waals surface area contributed by atoms with Gasteiger partial charge in [-0.2, -0.15) is 0 Å². The predicted molar refractivity (Wildman–Crippen MR) is 80.4 cm³/mol. The molecule has 0 bridgehead atoms. The zero-order valence-electron chi connectivity index (χ0n) is 11.3. The van der Waals surface area contributed by atoms with Crippen molar-refractivity contribution >= 4 is 11.3 Å². The first kappa shape index (κ1) is 14.1. The maximum atomic E-state index is 5.72. The lowest BCUT2D eigenvalue weighted by Crippen LogP contribution is -2.28. The number of hydrazine groups is 1. The highest BCUT2D eigenvalue weighted by Crippen LogP contribution is 2.29. The lowest BCUT2D eigenvalue weighted by Gasteiger charge is -2.19. The number of aryl methyl sites for hydroxylation is 2. The van der Waals surface area contributed by atoms with Crippen LogP contribution in [0.2, 0.25) is 0 Å². The Kier molecular flexibility index (Phi) is 4.96. The van der Waals surface area contributed by atoms with Crippen LogP contribution >= 0.6 is 11.3 Å². The topological polar surface area (TPSA) is 47.3 Å². The van der Waals surface area contributed by atoms with Crippen LogP contribution in [0, 0.1) is 6.92 Å². The van der Waals surface area contributed by atoms with Crippen molar-refractivity contribution in [3.05, 3.63) is 51.7 Å². The molecule has 0 aliphatic carbocycles. The van der Waals surface area contributed by atoms with Crippen molar-refractivity contribution in [2.75, 3.05) is 7.11 Å². The lowest BCUT2D eigenvalue weighted by atomic mass is 9.99. The summed E-state index contributed by atoms with van der Waals surface area (Å²) >= 11 is 1.78. The van der Waals surface area contributed by atoms with Crippen LogP contribution in [0.15, 0.2) is 35.7 Å². The molecule has 2 aromatic rings. The highest BCUT2D eigenvalue weighted by Gasteiger charge is 2.15. The van der Waals surface area contributed by atoms with Crippen LogP contribution in [0.5, 0.6) is 5.75 Å². The molecule has 1 heterocycles. The van der Waals surface area contributed by atoms with Crippen molar-refractivity contribution in [1.82, 2.24) is 5.43 Å². The van der Waals surface area contributed by atoms with E-state index in [0.29, 0.717) is 0 Å². The fraction of sp³-hybridized carbons (Fsp3) is 0.333. The molecule has 1 unspecified atom stereocenters. The molecule has 0 amide bonds. The van der Waals surface area contributed by atoms with Gasteiger partial charge in [0, 0.05) is 16.5 Å². The zero-order valence-corrected chi connectivity index (χ0v) is 12.2. The van der Waals surface area contributed by atoms with Gasteiger partial charge in [0.25, 0.3) is 0 Å². The number of nitrogens with two attached hydrogens (primary N) is 1. The zero-order chi connectivity index (χ0) is 13.7. The SMILES string of the molecule is COc1ccc(C)cc1C(CCc1cccs1)NN. The molecule has 2 rings (SSSR count). The summed E-state index contributed by atoms with van der Waals surface area (Å²) in [5.41, 5.74) is 5.25. The molecule has 0 saturated heterocycles. The van der Waals surface area contributed by atoms with E-state index in [1.807, 2.05) is 6.07 Å². The second kappa shape index (κ2) is 6.70. The van der Waals surface area contributed by atoms with Crippen molar-refractivity contribution in [3.8, 4) is 5.75 Å². The summed E-state index contributed by atoms with van der Waals surface area (Å²) in [6, 6.07) is 10.5. The minimum Gasteiger partial charge on any atom is -0.496 e. The second-order valence-corrected chi connectivity index (χ2v) is 5.61. The monoisotopic (exact) mass is 276 g/mol. The van der Waals surface area contributed by atoms with Crippen molar-refractivity contribution in [1.29, 1.82) is 0 Å². The van der Waals surface area contributed by atoms with Gasteiger partial charge >= 0.3 is 0 Å². The molecule has 3 nitrogen and oxygen atoms in total. The quantitative estimate of drug-likeness (QED) is 0.629. The van der Waals surface area contributed by atoms with Crippen LogP contribution < -0.4 is 16.0 Å². The van der Waals surface area contributed by atoms with E-state index in [9.17, 15) is 0 Å². The minimum absolute atomic E-state index is 0.108. The normalized spacial score (nSPS) is 12.4. The Balaban J connectivity index is 2.14. The summed E-state index contributed by atoms with van der Waals surface area (Å²) in [5, 5.41) is 2.10. The third kappa shape index (κ3) is 3.56. The highest BCUT2D eigenvalue weighted by molar-refractivity contribution is 7.09. The third-order valence-corrected chi connectivity index (χ3v) is 4.16. The molecule has 0 radical (unpaired) electrons. The van der Waals surface area contributed by atoms with Gasteiger partial charge in [0.05, 0.1) is 7.11 Å². The maximum absolute atomic E-state index is 5.72. The lowest BCUT2D eigenvalue weighted by molar-refractivity contribution is 0.396. The summed E-state index contributed by atoms with van der Waals surface area (Å²) in [5.74, 6) is 6.60. The van der Waals surface area contributed by atoms with E-state index in [4.69, 9.17) is 10.6 Å². The van der Waals surface area contributed by atoms with Crippen LogP contribution in [-0.2, 0) is 6.42 Å². The number of rotatable bonds is 6. The second-order valence-electron chi connectivity index (χ2n) is 4.58. The van der Waals surface area contributed by atoms with E-state index in [2.05, 4.69) is 42.0 Å². The molecule has 1 aromatic carbocycles. The third-order valence-electron chi connectivity index (χ3n) is 3.22. The van der Waals surface area contributed by atoms with E-state index in [-0.39, 0.29) is 6.04 Å². The summed E-state index contributed by atoms with van der Waals surface area (Å²) in [7, 11) is 1.70. The molecule has 0 aliphatic rings. The number of ether oxygens (including phenoxy) is 1. The highest BCUT2D eigenvalue weighted by atomic mass is 32.1. The molecule has 102 valence electrons. The average molecular weight is 276 g/mol. The van der Waals surface area contributed by atoms with Crippen molar-refractivity contribution in [3.63, 3.8) is 0 Å². The number of nitrogens with one attached hydrogen (secondary N) is 1. The van der Waals surface area contributed by atoms with Crippen LogP contribution in [0.4, 0.5) is 0 Å². The summed E-state index contributed by atoms with van der Waals surface area (Å²) in [6.07, 6.45) is 1.97. The van der Waals surface area contributed by atoms with Gasteiger partial charge in [-0.05, 0) is 37.3 Å². The van der Waals surface area contributed by atoms with Gasteiger partial charge in [-0.1, -0.05) is 23.8 Å². The molecule has 3 N–H and O–H groups in total. The molecule has 4 heteroatoms. The number of methoxy groups -OCH3 is 1. The van der Waals surface area contributed by atoms with Crippen LogP contribution in [0.3, 0.4) is 0 Å². The van der Waals surface area contributed by atoms with E-state index < -0.39 is 0 Å². The van der Waals surface area contributed by atoms with Crippen LogP contribution in [0.25, 0.3) is 0 Å². The van der Waals surface area contributed by atoms with E-state index in [1.165, 1.54) is 10.4 Å². The largest absolute Gasteiger partial charge is 0.496 e. The number of thiophene rings is 1. The number of hydrogen-bond donors (Lipinski definition) is 2. The molecule has 0 spiro atoms. The Bertz CT molecular complexity index is 511. The van der Waals surface area contributed by atoms with Gasteiger partial charge in [0.2, 0.25) is 0 Å². The smallest absolute Gasteiger partial charge is 0.123 e. The van der Waals surface area contributed by atoms with Gasteiger partial charge < -0.3 is 4.74 Å². The summed E-state index contributed by atoms with van der Waals surface area (Å²) in [4.78, 5) is 1.38. The average Bonchev–Trinajstić information content (AvgIpc) is 2.93. The Labute approximate surface area is 118 Å². The first-order chi connectivity index (χ1) is 9.24. The molecule has 1 atom stereocenters. The number of hydrogen-bond acceptors (Lipinski definition) is 4. The fourth-order valence-electron chi connectivity index (χ4n) is 2.20. The summed E-state index contributed by atoms with van der Waals surface area (Å²) < 4.78 is 5.43. The first-order valence-electron chi connectivity index (χ1n) is 6.37. The Hall–Kier alpha value is -1.36.